The first kappa shape index (κ1) is 19.9. The number of rotatable bonds is 9. The summed E-state index contributed by atoms with van der Waals surface area (Å²) >= 11 is 1.44. The maximum atomic E-state index is 12.2. The minimum Gasteiger partial charge on any atom is -0.467 e. The molecule has 6 rings (SSSR count). The monoisotopic (exact) mass is 426 g/mol. The van der Waals surface area contributed by atoms with Crippen LogP contribution in [-0.2, 0) is 24.3 Å². The first-order chi connectivity index (χ1) is 14.6. The zero-order valence-corrected chi connectivity index (χ0v) is 18.2. The number of nitrogens with zero attached hydrogens (tertiary/aromatic N) is 3. The standard InChI is InChI=1S/C23H30N4O2S/c1-2-5-27-20(13-23-10-16-7-17(11-23)9-18(8-16)12-23)25-26-22(27)30-15-21(28)24-14-19-4-3-6-29-19/h2-4,6,16-18H,1,5,7-15H2,(H,24,28). The fraction of sp³-hybridized carbons (Fsp3) is 0.609. The van der Waals surface area contributed by atoms with Crippen molar-refractivity contribution >= 4 is 17.7 Å². The van der Waals surface area contributed by atoms with Crippen molar-refractivity contribution in [2.45, 2.75) is 63.2 Å². The smallest absolute Gasteiger partial charge is 0.230 e. The topological polar surface area (TPSA) is 73.0 Å². The van der Waals surface area contributed by atoms with Gasteiger partial charge in [-0.05, 0) is 73.8 Å². The molecule has 4 bridgehead atoms. The van der Waals surface area contributed by atoms with Crippen molar-refractivity contribution in [2.24, 2.45) is 23.2 Å². The number of nitrogens with one attached hydrogen (secondary N) is 1. The zero-order valence-electron chi connectivity index (χ0n) is 17.4. The highest BCUT2D eigenvalue weighted by Gasteiger charge is 2.51. The van der Waals surface area contributed by atoms with E-state index in [1.807, 2.05) is 18.2 Å². The van der Waals surface area contributed by atoms with Gasteiger partial charge in [-0.3, -0.25) is 4.79 Å². The third-order valence-electron chi connectivity index (χ3n) is 7.18. The minimum absolute atomic E-state index is 0.0350. The second-order valence-corrected chi connectivity index (χ2v) is 10.5. The molecule has 7 heteroatoms. The summed E-state index contributed by atoms with van der Waals surface area (Å²) in [5, 5.41) is 12.7. The Bertz CT molecular complexity index is 869. The fourth-order valence-electron chi connectivity index (χ4n) is 6.49. The second kappa shape index (κ2) is 8.25. The Labute approximate surface area is 181 Å². The van der Waals surface area contributed by atoms with Crippen LogP contribution in [-0.4, -0.2) is 26.4 Å². The molecule has 6 nitrogen and oxygen atoms in total. The molecule has 0 spiro atoms. The Morgan fingerprint density at radius 2 is 2.00 bits per heavy atom. The molecule has 0 aromatic carbocycles. The van der Waals surface area contributed by atoms with Crippen molar-refractivity contribution in [1.29, 1.82) is 0 Å². The van der Waals surface area contributed by atoms with Gasteiger partial charge in [-0.2, -0.15) is 0 Å². The molecular formula is C23H30N4O2S. The van der Waals surface area contributed by atoms with Crippen molar-refractivity contribution in [1.82, 2.24) is 20.1 Å². The minimum atomic E-state index is -0.0350. The molecule has 2 heterocycles. The van der Waals surface area contributed by atoms with Crippen LogP contribution in [0.4, 0.5) is 0 Å². The molecule has 2 aromatic heterocycles. The lowest BCUT2D eigenvalue weighted by Crippen LogP contribution is -2.47. The summed E-state index contributed by atoms with van der Waals surface area (Å²) in [5.74, 6) is 4.88. The van der Waals surface area contributed by atoms with Crippen LogP contribution in [0.2, 0.25) is 0 Å². The van der Waals surface area contributed by atoms with E-state index in [4.69, 9.17) is 4.42 Å². The van der Waals surface area contributed by atoms with Crippen molar-refractivity contribution in [2.75, 3.05) is 5.75 Å². The Hall–Kier alpha value is -2.02. The maximum absolute atomic E-state index is 12.2. The molecule has 1 amide bonds. The molecule has 0 aliphatic heterocycles. The van der Waals surface area contributed by atoms with Gasteiger partial charge in [0.05, 0.1) is 18.6 Å². The lowest BCUT2D eigenvalue weighted by Gasteiger charge is -2.56. The fourth-order valence-corrected chi connectivity index (χ4v) is 7.29. The van der Waals surface area contributed by atoms with Crippen LogP contribution in [0.25, 0.3) is 0 Å². The largest absolute Gasteiger partial charge is 0.467 e. The first-order valence-corrected chi connectivity index (χ1v) is 12.1. The van der Waals surface area contributed by atoms with Gasteiger partial charge in [0.25, 0.3) is 0 Å². The molecule has 4 saturated carbocycles. The van der Waals surface area contributed by atoms with Crippen molar-refractivity contribution in [3.63, 3.8) is 0 Å². The van der Waals surface area contributed by atoms with Gasteiger partial charge in [-0.15, -0.1) is 16.8 Å². The summed E-state index contributed by atoms with van der Waals surface area (Å²) in [6.07, 6.45) is 13.0. The summed E-state index contributed by atoms with van der Waals surface area (Å²) in [6.45, 7) is 5.01. The Morgan fingerprint density at radius 1 is 1.27 bits per heavy atom. The number of aromatic nitrogens is 3. The van der Waals surface area contributed by atoms with Gasteiger partial charge in [0.1, 0.15) is 11.6 Å². The van der Waals surface area contributed by atoms with Crippen LogP contribution in [0.5, 0.6) is 0 Å². The summed E-state index contributed by atoms with van der Waals surface area (Å²) in [5.41, 5.74) is 0.420. The predicted octanol–water partition coefficient (Wildman–Crippen LogP) is 4.22. The van der Waals surface area contributed by atoms with Crippen LogP contribution >= 0.6 is 11.8 Å². The van der Waals surface area contributed by atoms with Crippen LogP contribution < -0.4 is 5.32 Å². The second-order valence-electron chi connectivity index (χ2n) is 9.54. The van der Waals surface area contributed by atoms with Gasteiger partial charge in [0, 0.05) is 13.0 Å². The van der Waals surface area contributed by atoms with E-state index in [2.05, 4.69) is 26.7 Å². The lowest BCUT2D eigenvalue weighted by atomic mass is 9.49. The molecule has 0 radical (unpaired) electrons. The molecule has 1 N–H and O–H groups in total. The number of hydrogen-bond acceptors (Lipinski definition) is 5. The molecule has 0 saturated heterocycles. The quantitative estimate of drug-likeness (QED) is 0.480. The Morgan fingerprint density at radius 3 is 2.63 bits per heavy atom. The van der Waals surface area contributed by atoms with E-state index >= 15 is 0 Å². The molecule has 0 atom stereocenters. The Kier molecular flexibility index (Phi) is 5.48. The average molecular weight is 427 g/mol. The number of carbonyl (C=O) groups excluding carboxylic acids is 1. The molecule has 0 unspecified atom stereocenters. The van der Waals surface area contributed by atoms with Gasteiger partial charge in [-0.1, -0.05) is 17.8 Å². The lowest BCUT2D eigenvalue weighted by molar-refractivity contribution is -0.118. The molecule has 2 aromatic rings. The van der Waals surface area contributed by atoms with Gasteiger partial charge >= 0.3 is 0 Å². The van der Waals surface area contributed by atoms with E-state index in [1.54, 1.807) is 6.26 Å². The molecule has 4 aliphatic rings. The summed E-state index contributed by atoms with van der Waals surface area (Å²) < 4.78 is 7.42. The predicted molar refractivity (Wildman–Crippen MR) is 116 cm³/mol. The highest BCUT2D eigenvalue weighted by atomic mass is 32.2. The van der Waals surface area contributed by atoms with E-state index in [1.165, 1.54) is 50.3 Å². The maximum Gasteiger partial charge on any atom is 0.230 e. The van der Waals surface area contributed by atoms with Gasteiger partial charge < -0.3 is 14.3 Å². The van der Waals surface area contributed by atoms with E-state index < -0.39 is 0 Å². The van der Waals surface area contributed by atoms with Crippen molar-refractivity contribution < 1.29 is 9.21 Å². The van der Waals surface area contributed by atoms with Gasteiger partial charge in [-0.25, -0.2) is 0 Å². The van der Waals surface area contributed by atoms with Crippen LogP contribution in [0.1, 0.15) is 50.1 Å². The van der Waals surface area contributed by atoms with Crippen LogP contribution in [0.15, 0.2) is 40.6 Å². The number of furan rings is 1. The van der Waals surface area contributed by atoms with Crippen molar-refractivity contribution in [3.05, 3.63) is 42.6 Å². The summed E-state index contributed by atoms with van der Waals surface area (Å²) in [4.78, 5) is 12.2. The number of hydrogen-bond donors (Lipinski definition) is 1. The third-order valence-corrected chi connectivity index (χ3v) is 8.14. The zero-order chi connectivity index (χ0) is 20.6. The average Bonchev–Trinajstić information content (AvgIpc) is 3.34. The molecule has 160 valence electrons. The van der Waals surface area contributed by atoms with Crippen molar-refractivity contribution in [3.8, 4) is 0 Å². The molecular weight excluding hydrogens is 396 g/mol. The van der Waals surface area contributed by atoms with Crippen LogP contribution in [0.3, 0.4) is 0 Å². The highest BCUT2D eigenvalue weighted by molar-refractivity contribution is 7.99. The van der Waals surface area contributed by atoms with E-state index in [0.717, 1.165) is 40.9 Å². The number of thioether (sulfide) groups is 1. The van der Waals surface area contributed by atoms with E-state index in [9.17, 15) is 4.79 Å². The number of carbonyl (C=O) groups is 1. The van der Waals surface area contributed by atoms with E-state index in [0.29, 0.717) is 24.3 Å². The Balaban J connectivity index is 1.23. The SMILES string of the molecule is C=CCn1c(CC23CC4CC(CC(C4)C2)C3)nnc1SCC(=O)NCc1ccco1. The third kappa shape index (κ3) is 4.09. The number of amides is 1. The molecule has 30 heavy (non-hydrogen) atoms. The highest BCUT2D eigenvalue weighted by Crippen LogP contribution is 2.61. The van der Waals surface area contributed by atoms with Gasteiger partial charge in [0.2, 0.25) is 5.91 Å². The van der Waals surface area contributed by atoms with Gasteiger partial charge in [0.15, 0.2) is 5.16 Å². The molecule has 4 aliphatic carbocycles. The molecule has 4 fully saturated rings. The normalized spacial score (nSPS) is 29.3. The summed E-state index contributed by atoms with van der Waals surface area (Å²) in [6, 6.07) is 3.67. The van der Waals surface area contributed by atoms with Crippen LogP contribution in [0, 0.1) is 23.2 Å². The van der Waals surface area contributed by atoms with E-state index in [-0.39, 0.29) is 5.91 Å². The number of allylic oxidation sites excluding steroid dienone is 1. The summed E-state index contributed by atoms with van der Waals surface area (Å²) in [7, 11) is 0. The first-order valence-electron chi connectivity index (χ1n) is 11.1.